The van der Waals surface area contributed by atoms with Gasteiger partial charge in [-0.1, -0.05) is 111 Å². The number of hydrogen-bond donors (Lipinski definition) is 0. The van der Waals surface area contributed by atoms with Gasteiger partial charge in [-0.05, 0) is 91.0 Å². The minimum atomic E-state index is 0.206. The molecular formula is C36H30. The van der Waals surface area contributed by atoms with E-state index in [0.29, 0.717) is 11.8 Å². The van der Waals surface area contributed by atoms with Gasteiger partial charge in [0.1, 0.15) is 0 Å². The molecule has 36 heavy (non-hydrogen) atoms. The Morgan fingerprint density at radius 1 is 0.444 bits per heavy atom. The lowest BCUT2D eigenvalue weighted by Gasteiger charge is -2.51. The Bertz CT molecular complexity index is 1590. The molecule has 0 nitrogen and oxygen atoms in total. The van der Waals surface area contributed by atoms with Crippen molar-refractivity contribution >= 4 is 43.1 Å². The maximum absolute atomic E-state index is 2.54. The van der Waals surface area contributed by atoms with Gasteiger partial charge in [0.05, 0.1) is 0 Å². The van der Waals surface area contributed by atoms with Crippen LogP contribution in [0.5, 0.6) is 0 Å². The van der Waals surface area contributed by atoms with Crippen LogP contribution in [-0.2, 0) is 10.8 Å². The zero-order chi connectivity index (χ0) is 24.1. The van der Waals surface area contributed by atoms with Gasteiger partial charge in [0.25, 0.3) is 0 Å². The van der Waals surface area contributed by atoms with Crippen molar-refractivity contribution in [3.8, 4) is 0 Å². The van der Waals surface area contributed by atoms with Crippen molar-refractivity contribution in [3.05, 3.63) is 120 Å². The summed E-state index contributed by atoms with van der Waals surface area (Å²) >= 11 is 0. The van der Waals surface area contributed by atoms with E-state index in [4.69, 9.17) is 0 Å². The monoisotopic (exact) mass is 462 g/mol. The molecule has 0 aliphatic heterocycles. The van der Waals surface area contributed by atoms with Gasteiger partial charge in [-0.25, -0.2) is 0 Å². The Hall–Kier alpha value is -3.64. The molecule has 0 radical (unpaired) electrons. The molecule has 174 valence electrons. The first kappa shape index (κ1) is 20.5. The van der Waals surface area contributed by atoms with Crippen molar-refractivity contribution in [2.45, 2.75) is 37.5 Å². The fourth-order valence-electron chi connectivity index (χ4n) is 8.58. The lowest BCUT2D eigenvalue weighted by molar-refractivity contribution is 0.173. The first-order chi connectivity index (χ1) is 17.6. The molecule has 0 aromatic heterocycles. The second-order valence-electron chi connectivity index (χ2n) is 11.6. The Morgan fingerprint density at radius 3 is 1.03 bits per heavy atom. The first-order valence-corrected chi connectivity index (χ1v) is 13.4. The molecule has 0 unspecified atom stereocenters. The molecule has 0 N–H and O–H groups in total. The summed E-state index contributed by atoms with van der Waals surface area (Å²) in [6, 6.07) is 41.1. The van der Waals surface area contributed by atoms with Gasteiger partial charge in [0.2, 0.25) is 0 Å². The van der Waals surface area contributed by atoms with E-state index in [1.54, 1.807) is 11.1 Å². The second kappa shape index (κ2) is 6.98. The zero-order valence-corrected chi connectivity index (χ0v) is 21.0. The standard InChI is InChI=1S/C36H30/c1-23-24(2)36(34-31-17-9-5-13-27(31)20-28-14-6-10-18-32(28)34)21-35(23,22-36)33-29-15-7-3-11-25(29)19-26-12-4-8-16-30(26)33/h3-20,23-24H,21-22H2,1-2H3/t23-,24-,35?,36?/m0/s1. The van der Waals surface area contributed by atoms with Gasteiger partial charge in [0.15, 0.2) is 0 Å². The Morgan fingerprint density at radius 2 is 0.722 bits per heavy atom. The maximum atomic E-state index is 2.54. The van der Waals surface area contributed by atoms with E-state index in [1.165, 1.54) is 55.9 Å². The van der Waals surface area contributed by atoms with Gasteiger partial charge in [0, 0.05) is 10.8 Å². The molecule has 2 atom stereocenters. The molecule has 3 aliphatic rings. The van der Waals surface area contributed by atoms with Crippen LogP contribution in [0, 0.1) is 11.8 Å². The maximum Gasteiger partial charge on any atom is 0.00109 e. The van der Waals surface area contributed by atoms with E-state index in [0.717, 1.165) is 0 Å². The van der Waals surface area contributed by atoms with E-state index >= 15 is 0 Å². The predicted molar refractivity (Wildman–Crippen MR) is 154 cm³/mol. The SMILES string of the molecule is C[C@H]1[C@H](C)C2(c3c4ccccc4cc4ccccc34)CC1(c1c3ccccc3cc3ccccc13)C2. The van der Waals surface area contributed by atoms with Crippen molar-refractivity contribution in [1.82, 2.24) is 0 Å². The topological polar surface area (TPSA) is 0 Å². The van der Waals surface area contributed by atoms with Gasteiger partial charge < -0.3 is 0 Å². The quantitative estimate of drug-likeness (QED) is 0.225. The Balaban J connectivity index is 1.43. The van der Waals surface area contributed by atoms with Gasteiger partial charge in [-0.15, -0.1) is 0 Å². The third-order valence-electron chi connectivity index (χ3n) is 10.3. The number of fused-ring (bicyclic) bond motifs is 5. The lowest BCUT2D eigenvalue weighted by atomic mass is 9.52. The molecule has 0 heteroatoms. The van der Waals surface area contributed by atoms with Crippen molar-refractivity contribution < 1.29 is 0 Å². The van der Waals surface area contributed by atoms with Gasteiger partial charge >= 0.3 is 0 Å². The van der Waals surface area contributed by atoms with Crippen LogP contribution in [0.25, 0.3) is 43.1 Å². The third kappa shape index (κ3) is 2.40. The summed E-state index contributed by atoms with van der Waals surface area (Å²) in [7, 11) is 0. The van der Waals surface area contributed by atoms with Crippen LogP contribution in [0.4, 0.5) is 0 Å². The predicted octanol–water partition coefficient (Wildman–Crippen LogP) is 9.55. The minimum absolute atomic E-state index is 0.206. The highest BCUT2D eigenvalue weighted by Crippen LogP contribution is 2.75. The average Bonchev–Trinajstić information content (AvgIpc) is 3.24. The third-order valence-corrected chi connectivity index (χ3v) is 10.3. The summed E-state index contributed by atoms with van der Waals surface area (Å²) in [5, 5.41) is 11.3. The van der Waals surface area contributed by atoms with Crippen molar-refractivity contribution in [1.29, 1.82) is 0 Å². The Labute approximate surface area is 212 Å². The first-order valence-electron chi connectivity index (χ1n) is 13.4. The number of hydrogen-bond acceptors (Lipinski definition) is 0. The van der Waals surface area contributed by atoms with Crippen LogP contribution in [-0.4, -0.2) is 0 Å². The molecular weight excluding hydrogens is 432 g/mol. The van der Waals surface area contributed by atoms with Crippen molar-refractivity contribution in [3.63, 3.8) is 0 Å². The summed E-state index contributed by atoms with van der Waals surface area (Å²) < 4.78 is 0. The van der Waals surface area contributed by atoms with E-state index in [-0.39, 0.29) is 10.8 Å². The minimum Gasteiger partial charge on any atom is -0.0616 e. The van der Waals surface area contributed by atoms with Crippen molar-refractivity contribution in [2.75, 3.05) is 0 Å². The summed E-state index contributed by atoms with van der Waals surface area (Å²) in [4.78, 5) is 0. The fraction of sp³-hybridized carbons (Fsp3) is 0.222. The highest BCUT2D eigenvalue weighted by atomic mass is 14.7. The van der Waals surface area contributed by atoms with E-state index in [2.05, 4.69) is 123 Å². The van der Waals surface area contributed by atoms with Crippen LogP contribution >= 0.6 is 0 Å². The van der Waals surface area contributed by atoms with Crippen LogP contribution in [0.1, 0.15) is 37.8 Å². The largest absolute Gasteiger partial charge is 0.0616 e. The summed E-state index contributed by atoms with van der Waals surface area (Å²) in [6.45, 7) is 5.09. The van der Waals surface area contributed by atoms with Crippen LogP contribution in [0.3, 0.4) is 0 Å². The van der Waals surface area contributed by atoms with Crippen molar-refractivity contribution in [2.24, 2.45) is 11.8 Å². The summed E-state index contributed by atoms with van der Waals surface area (Å²) in [6.07, 6.45) is 2.47. The molecule has 3 aliphatic carbocycles. The zero-order valence-electron chi connectivity index (χ0n) is 21.0. The molecule has 0 amide bonds. The summed E-state index contributed by atoms with van der Waals surface area (Å²) in [5.74, 6) is 1.23. The Kier molecular flexibility index (Phi) is 3.98. The van der Waals surface area contributed by atoms with Crippen LogP contribution in [0.2, 0.25) is 0 Å². The molecule has 0 saturated heterocycles. The molecule has 9 rings (SSSR count). The highest BCUT2D eigenvalue weighted by Gasteiger charge is 2.70. The fourth-order valence-corrected chi connectivity index (χ4v) is 8.58. The van der Waals surface area contributed by atoms with Gasteiger partial charge in [-0.2, -0.15) is 0 Å². The molecule has 6 aromatic carbocycles. The van der Waals surface area contributed by atoms with Crippen LogP contribution < -0.4 is 0 Å². The van der Waals surface area contributed by atoms with Gasteiger partial charge in [-0.3, -0.25) is 0 Å². The molecule has 2 bridgehead atoms. The number of rotatable bonds is 2. The number of benzene rings is 6. The molecule has 0 spiro atoms. The molecule has 0 heterocycles. The average molecular weight is 463 g/mol. The van der Waals surface area contributed by atoms with E-state index in [1.807, 2.05) is 0 Å². The molecule has 3 fully saturated rings. The highest BCUT2D eigenvalue weighted by molar-refractivity contribution is 6.06. The normalized spacial score (nSPS) is 27.2. The van der Waals surface area contributed by atoms with E-state index in [9.17, 15) is 0 Å². The molecule has 3 saturated carbocycles. The smallest absolute Gasteiger partial charge is 0.00109 e. The second-order valence-corrected chi connectivity index (χ2v) is 11.6. The van der Waals surface area contributed by atoms with E-state index < -0.39 is 0 Å². The lowest BCUT2D eigenvalue weighted by Crippen LogP contribution is -2.46. The summed E-state index contributed by atoms with van der Waals surface area (Å²) in [5.41, 5.74) is 3.62. The molecule has 6 aromatic rings. The van der Waals surface area contributed by atoms with Crippen LogP contribution in [0.15, 0.2) is 109 Å².